The maximum absolute atomic E-state index is 12.8. The summed E-state index contributed by atoms with van der Waals surface area (Å²) in [6, 6.07) is 1.88. The first-order valence-electron chi connectivity index (χ1n) is 10.3. The zero-order valence-electron chi connectivity index (χ0n) is 17.2. The largest absolute Gasteiger partial charge is 0.354 e. The molecule has 0 bridgehead atoms. The lowest BCUT2D eigenvalue weighted by Gasteiger charge is -2.28. The van der Waals surface area contributed by atoms with Gasteiger partial charge in [0.25, 0.3) is 0 Å². The SMILES string of the molecule is CC(=O)NC1CCCC(C(=O)Nc2cc(-c3cnn4c3CC(C)(C)C4)ncn2)C1. The van der Waals surface area contributed by atoms with Gasteiger partial charge in [0.05, 0.1) is 11.9 Å². The van der Waals surface area contributed by atoms with Gasteiger partial charge in [0.1, 0.15) is 12.1 Å². The molecule has 0 radical (unpaired) electrons. The number of nitrogens with one attached hydrogen (secondary N) is 2. The van der Waals surface area contributed by atoms with Gasteiger partial charge >= 0.3 is 0 Å². The maximum atomic E-state index is 12.8. The molecule has 4 rings (SSSR count). The molecule has 2 aliphatic rings. The second kappa shape index (κ2) is 7.57. The molecule has 8 nitrogen and oxygen atoms in total. The molecule has 2 atom stereocenters. The quantitative estimate of drug-likeness (QED) is 0.827. The van der Waals surface area contributed by atoms with Crippen molar-refractivity contribution in [2.45, 2.75) is 65.5 Å². The van der Waals surface area contributed by atoms with Crippen molar-refractivity contribution in [3.63, 3.8) is 0 Å². The lowest BCUT2D eigenvalue weighted by atomic mass is 9.85. The highest BCUT2D eigenvalue weighted by molar-refractivity contribution is 5.92. The van der Waals surface area contributed by atoms with E-state index >= 15 is 0 Å². The molecule has 1 aliphatic carbocycles. The van der Waals surface area contributed by atoms with E-state index in [1.165, 1.54) is 18.9 Å². The van der Waals surface area contributed by atoms with Crippen molar-refractivity contribution >= 4 is 17.6 Å². The molecule has 2 amide bonds. The van der Waals surface area contributed by atoms with E-state index in [2.05, 4.69) is 39.5 Å². The average Bonchev–Trinajstić information content (AvgIpc) is 3.16. The fourth-order valence-corrected chi connectivity index (χ4v) is 4.51. The standard InChI is InChI=1S/C21H28N6O2/c1-13(28)25-15-6-4-5-14(7-15)20(29)26-19-8-17(22-12-23-19)16-10-24-27-11-21(2,3)9-18(16)27/h8,10,12,14-15H,4-7,9,11H2,1-3H3,(H,25,28)(H,22,23,26,29). The molecule has 2 N–H and O–H groups in total. The molecular weight excluding hydrogens is 368 g/mol. The van der Waals surface area contributed by atoms with Crippen LogP contribution in [0.15, 0.2) is 18.6 Å². The topological polar surface area (TPSA) is 102 Å². The molecule has 3 heterocycles. The highest BCUT2D eigenvalue weighted by Crippen LogP contribution is 2.36. The Morgan fingerprint density at radius 2 is 2.07 bits per heavy atom. The first kappa shape index (κ1) is 19.5. The summed E-state index contributed by atoms with van der Waals surface area (Å²) in [5.41, 5.74) is 3.13. The monoisotopic (exact) mass is 396 g/mol. The molecular formula is C21H28N6O2. The molecule has 8 heteroatoms. The number of hydrogen-bond donors (Lipinski definition) is 2. The van der Waals surface area contributed by atoms with E-state index in [9.17, 15) is 9.59 Å². The van der Waals surface area contributed by atoms with Crippen LogP contribution >= 0.6 is 0 Å². The van der Waals surface area contributed by atoms with Crippen LogP contribution in [0.3, 0.4) is 0 Å². The van der Waals surface area contributed by atoms with Crippen molar-refractivity contribution in [3.8, 4) is 11.3 Å². The lowest BCUT2D eigenvalue weighted by Crippen LogP contribution is -2.40. The number of carbonyl (C=O) groups is 2. The smallest absolute Gasteiger partial charge is 0.228 e. The van der Waals surface area contributed by atoms with Crippen LogP contribution in [0.5, 0.6) is 0 Å². The number of carbonyl (C=O) groups excluding carboxylic acids is 2. The second-order valence-electron chi connectivity index (χ2n) is 9.04. The van der Waals surface area contributed by atoms with E-state index in [1.807, 2.05) is 16.9 Å². The molecule has 2 aromatic heterocycles. The summed E-state index contributed by atoms with van der Waals surface area (Å²) in [5, 5.41) is 10.4. The minimum atomic E-state index is -0.125. The van der Waals surface area contributed by atoms with Gasteiger partial charge in [-0.2, -0.15) is 5.10 Å². The Morgan fingerprint density at radius 1 is 1.24 bits per heavy atom. The van der Waals surface area contributed by atoms with Crippen LogP contribution in [0.1, 0.15) is 52.1 Å². The van der Waals surface area contributed by atoms with Crippen LogP contribution in [0.25, 0.3) is 11.3 Å². The van der Waals surface area contributed by atoms with Crippen molar-refractivity contribution in [2.75, 3.05) is 5.32 Å². The van der Waals surface area contributed by atoms with Gasteiger partial charge in [-0.1, -0.05) is 20.3 Å². The number of rotatable bonds is 4. The van der Waals surface area contributed by atoms with Crippen LogP contribution < -0.4 is 10.6 Å². The van der Waals surface area contributed by atoms with Gasteiger partial charge in [-0.15, -0.1) is 0 Å². The third kappa shape index (κ3) is 4.31. The molecule has 2 unspecified atom stereocenters. The number of nitrogens with zero attached hydrogens (tertiary/aromatic N) is 4. The second-order valence-corrected chi connectivity index (χ2v) is 9.04. The minimum absolute atomic E-state index is 0.0478. The maximum Gasteiger partial charge on any atom is 0.228 e. The number of anilines is 1. The fraction of sp³-hybridized carbons (Fsp3) is 0.571. The van der Waals surface area contributed by atoms with Gasteiger partial charge in [-0.05, 0) is 31.1 Å². The van der Waals surface area contributed by atoms with Gasteiger partial charge in [-0.3, -0.25) is 14.3 Å². The van der Waals surface area contributed by atoms with Crippen molar-refractivity contribution in [1.29, 1.82) is 0 Å². The van der Waals surface area contributed by atoms with Crippen molar-refractivity contribution in [3.05, 3.63) is 24.3 Å². The van der Waals surface area contributed by atoms with E-state index in [0.29, 0.717) is 12.2 Å². The van der Waals surface area contributed by atoms with E-state index in [0.717, 1.165) is 43.5 Å². The highest BCUT2D eigenvalue weighted by atomic mass is 16.2. The summed E-state index contributed by atoms with van der Waals surface area (Å²) in [6.45, 7) is 6.87. The zero-order chi connectivity index (χ0) is 20.6. The summed E-state index contributed by atoms with van der Waals surface area (Å²) in [4.78, 5) is 32.7. The Labute approximate surface area is 170 Å². The summed E-state index contributed by atoms with van der Waals surface area (Å²) in [5.74, 6) is 0.276. The molecule has 29 heavy (non-hydrogen) atoms. The number of hydrogen-bond acceptors (Lipinski definition) is 5. The Bertz CT molecular complexity index is 935. The summed E-state index contributed by atoms with van der Waals surface area (Å²) < 4.78 is 2.04. The van der Waals surface area contributed by atoms with Crippen LogP contribution in [0.4, 0.5) is 5.82 Å². The average molecular weight is 396 g/mol. The molecule has 0 aromatic carbocycles. The summed E-state index contributed by atoms with van der Waals surface area (Å²) in [7, 11) is 0. The van der Waals surface area contributed by atoms with Crippen molar-refractivity contribution in [1.82, 2.24) is 25.1 Å². The predicted molar refractivity (Wildman–Crippen MR) is 109 cm³/mol. The highest BCUT2D eigenvalue weighted by Gasteiger charge is 2.32. The molecule has 1 saturated carbocycles. The van der Waals surface area contributed by atoms with Gasteiger partial charge in [0.2, 0.25) is 11.8 Å². The predicted octanol–water partition coefficient (Wildman–Crippen LogP) is 2.56. The third-order valence-corrected chi connectivity index (χ3v) is 5.82. The zero-order valence-corrected chi connectivity index (χ0v) is 17.2. The number of amides is 2. The Kier molecular flexibility index (Phi) is 5.10. The third-order valence-electron chi connectivity index (χ3n) is 5.82. The molecule has 2 aromatic rings. The van der Waals surface area contributed by atoms with Crippen molar-refractivity contribution in [2.24, 2.45) is 11.3 Å². The molecule has 1 aliphatic heterocycles. The van der Waals surface area contributed by atoms with E-state index in [4.69, 9.17) is 0 Å². The molecule has 0 saturated heterocycles. The van der Waals surface area contributed by atoms with Gasteiger partial charge < -0.3 is 10.6 Å². The first-order chi connectivity index (χ1) is 13.8. The Morgan fingerprint density at radius 3 is 2.86 bits per heavy atom. The lowest BCUT2D eigenvalue weighted by molar-refractivity contribution is -0.123. The first-order valence-corrected chi connectivity index (χ1v) is 10.3. The van der Waals surface area contributed by atoms with E-state index < -0.39 is 0 Å². The number of fused-ring (bicyclic) bond motifs is 1. The summed E-state index contributed by atoms with van der Waals surface area (Å²) in [6.07, 6.45) is 7.61. The van der Waals surface area contributed by atoms with Gasteiger partial charge in [0, 0.05) is 42.8 Å². The van der Waals surface area contributed by atoms with Crippen LogP contribution in [0, 0.1) is 11.3 Å². The van der Waals surface area contributed by atoms with Crippen LogP contribution in [0.2, 0.25) is 0 Å². The number of aromatic nitrogens is 4. The Balaban J connectivity index is 1.46. The van der Waals surface area contributed by atoms with Gasteiger partial charge in [0.15, 0.2) is 0 Å². The minimum Gasteiger partial charge on any atom is -0.354 e. The summed E-state index contributed by atoms with van der Waals surface area (Å²) >= 11 is 0. The van der Waals surface area contributed by atoms with Crippen LogP contribution in [-0.2, 0) is 22.6 Å². The fourth-order valence-electron chi connectivity index (χ4n) is 4.51. The molecule has 0 spiro atoms. The van der Waals surface area contributed by atoms with E-state index in [1.54, 1.807) is 0 Å². The molecule has 154 valence electrons. The molecule has 1 fully saturated rings. The van der Waals surface area contributed by atoms with Crippen LogP contribution in [-0.4, -0.2) is 37.6 Å². The van der Waals surface area contributed by atoms with Gasteiger partial charge in [-0.25, -0.2) is 9.97 Å². The normalized spacial score (nSPS) is 22.7. The van der Waals surface area contributed by atoms with E-state index in [-0.39, 0.29) is 29.2 Å². The van der Waals surface area contributed by atoms with Crippen molar-refractivity contribution < 1.29 is 9.59 Å². The Hall–Kier alpha value is -2.77.